The zero-order valence-electron chi connectivity index (χ0n) is 11.1. The zero-order valence-corrected chi connectivity index (χ0v) is 13.0. The van der Waals surface area contributed by atoms with E-state index >= 15 is 0 Å². The summed E-state index contributed by atoms with van der Waals surface area (Å²) in [7, 11) is -3.20. The summed E-state index contributed by atoms with van der Waals surface area (Å²) < 4.78 is 21.9. The monoisotopic (exact) mass is 264 g/mol. The Morgan fingerprint density at radius 1 is 1.56 bits per heavy atom. The summed E-state index contributed by atoms with van der Waals surface area (Å²) in [5.41, 5.74) is 7.69. The van der Waals surface area contributed by atoms with Crippen molar-refractivity contribution in [3.8, 4) is 0 Å². The van der Waals surface area contributed by atoms with E-state index < -0.39 is 7.60 Å². The molecule has 0 aromatic carbocycles. The summed E-state index contributed by atoms with van der Waals surface area (Å²) in [6, 6.07) is 0. The number of hydrogen-bond acceptors (Lipinski definition) is 6. The van der Waals surface area contributed by atoms with E-state index in [0.717, 1.165) is 12.8 Å². The Bertz CT molecular complexity index is 188. The molecule has 1 atom stereocenters. The fourth-order valence-corrected chi connectivity index (χ4v) is 2.02. The van der Waals surface area contributed by atoms with Crippen LogP contribution in [0.25, 0.3) is 0 Å². The molecule has 1 unspecified atom stereocenters. The third-order valence-electron chi connectivity index (χ3n) is 1.61. The quantitative estimate of drug-likeness (QED) is 0.176. The van der Waals surface area contributed by atoms with E-state index in [0.29, 0.717) is 19.7 Å². The second-order valence-electron chi connectivity index (χ2n) is 3.02. The molecular formula is C8H22N2NaO4P. The zero-order chi connectivity index (χ0) is 11.6. The van der Waals surface area contributed by atoms with Crippen molar-refractivity contribution in [2.24, 2.45) is 5.73 Å². The normalized spacial score (nSPS) is 14.2. The molecule has 8 heteroatoms. The van der Waals surface area contributed by atoms with Gasteiger partial charge in [0, 0.05) is 13.1 Å². The van der Waals surface area contributed by atoms with Gasteiger partial charge in [-0.3, -0.25) is 4.57 Å². The average molecular weight is 264 g/mol. The van der Waals surface area contributed by atoms with Gasteiger partial charge in [-0.15, -0.1) is 0 Å². The Hall–Kier alpha value is 1.03. The molecule has 0 aliphatic rings. The van der Waals surface area contributed by atoms with Crippen LogP contribution in [0.2, 0.25) is 0 Å². The minimum absolute atomic E-state index is 0. The van der Waals surface area contributed by atoms with Crippen LogP contribution in [0, 0.1) is 0 Å². The Kier molecular flexibility index (Phi) is 15.1. The Morgan fingerprint density at radius 2 is 2.25 bits per heavy atom. The molecule has 0 aliphatic heterocycles. The van der Waals surface area contributed by atoms with Crippen LogP contribution in [0.5, 0.6) is 0 Å². The molecule has 0 fully saturated rings. The van der Waals surface area contributed by atoms with Gasteiger partial charge in [-0.25, -0.2) is 4.62 Å². The number of aliphatic hydroxyl groups is 1. The third-order valence-corrected chi connectivity index (χ3v) is 3.34. The van der Waals surface area contributed by atoms with Gasteiger partial charge in [-0.1, -0.05) is 13.3 Å². The molecule has 0 rings (SSSR count). The molecule has 0 aromatic heterocycles. The van der Waals surface area contributed by atoms with Crippen LogP contribution in [-0.4, -0.2) is 37.6 Å². The number of nitrogens with two attached hydrogens (primary N) is 1. The number of rotatable bonds is 10. The summed E-state index contributed by atoms with van der Waals surface area (Å²) in [6.45, 7) is 2.93. The van der Waals surface area contributed by atoms with Crippen molar-refractivity contribution in [3.63, 3.8) is 0 Å². The molecule has 4 N–H and O–H groups in total. The van der Waals surface area contributed by atoms with Crippen LogP contribution < -0.4 is 40.8 Å². The maximum Gasteiger partial charge on any atom is 1.00 e. The predicted octanol–water partition coefficient (Wildman–Crippen LogP) is -2.42. The third kappa shape index (κ3) is 10.2. The van der Waals surface area contributed by atoms with Gasteiger partial charge in [0.05, 0.1) is 19.4 Å². The van der Waals surface area contributed by atoms with Gasteiger partial charge in [-0.05, 0) is 6.42 Å². The van der Waals surface area contributed by atoms with E-state index in [9.17, 15) is 4.57 Å². The molecule has 0 aliphatic carbocycles. The second kappa shape index (κ2) is 12.5. The number of hydrogen-bond donors (Lipinski definition) is 3. The van der Waals surface area contributed by atoms with Crippen LogP contribution in [0.1, 0.15) is 21.2 Å². The van der Waals surface area contributed by atoms with E-state index in [1.54, 1.807) is 0 Å². The van der Waals surface area contributed by atoms with Crippen LogP contribution in [-0.2, 0) is 13.7 Å². The smallest absolute Gasteiger partial charge is 1.00 e. The first-order valence-corrected chi connectivity index (χ1v) is 6.87. The van der Waals surface area contributed by atoms with E-state index in [4.69, 9.17) is 20.0 Å². The van der Waals surface area contributed by atoms with Crippen molar-refractivity contribution in [2.45, 2.75) is 19.8 Å². The minimum atomic E-state index is -3.20. The van der Waals surface area contributed by atoms with E-state index in [1.165, 1.54) is 0 Å². The molecule has 0 heterocycles. The minimum Gasteiger partial charge on any atom is -1.00 e. The van der Waals surface area contributed by atoms with Crippen LogP contribution >= 0.6 is 7.60 Å². The Balaban J connectivity index is -0.000000980. The topological polar surface area (TPSA) is 93.8 Å². The molecule has 0 amide bonds. The summed E-state index contributed by atoms with van der Waals surface area (Å²) in [4.78, 5) is 0. The van der Waals surface area contributed by atoms with Crippen molar-refractivity contribution >= 4 is 7.60 Å². The van der Waals surface area contributed by atoms with Gasteiger partial charge in [-0.2, -0.15) is 5.48 Å². The SMILES string of the molecule is CCCCOP(=O)(CCO)ONCCN.[H-].[Na+]. The van der Waals surface area contributed by atoms with Gasteiger partial charge in [0.1, 0.15) is 0 Å². The predicted molar refractivity (Wildman–Crippen MR) is 59.7 cm³/mol. The first-order chi connectivity index (χ1) is 7.18. The summed E-state index contributed by atoms with van der Waals surface area (Å²) in [5, 5.41) is 8.73. The molecule has 94 valence electrons. The molecule has 0 bridgehead atoms. The van der Waals surface area contributed by atoms with Crippen molar-refractivity contribution in [1.82, 2.24) is 5.48 Å². The van der Waals surface area contributed by atoms with Gasteiger partial charge in [0.2, 0.25) is 0 Å². The fraction of sp³-hybridized carbons (Fsp3) is 1.00. The number of unbranched alkanes of at least 4 members (excludes halogenated alkanes) is 1. The summed E-state index contributed by atoms with van der Waals surface area (Å²) >= 11 is 0. The van der Waals surface area contributed by atoms with E-state index in [2.05, 4.69) is 5.48 Å². The van der Waals surface area contributed by atoms with Gasteiger partial charge in [0.25, 0.3) is 0 Å². The molecule has 0 saturated carbocycles. The molecule has 0 aromatic rings. The largest absolute Gasteiger partial charge is 1.00 e. The standard InChI is InChI=1S/C8H21N2O4P.Na.H/c1-2-3-7-13-15(12,8-6-11)14-10-5-4-9;;/h10-11H,2-9H2,1H3;;/q;+1;-1. The average Bonchev–Trinajstić information content (AvgIpc) is 2.19. The van der Waals surface area contributed by atoms with Crippen LogP contribution in [0.4, 0.5) is 0 Å². The maximum absolute atomic E-state index is 11.9. The Labute approximate surface area is 121 Å². The molecule has 0 radical (unpaired) electrons. The molecular weight excluding hydrogens is 242 g/mol. The van der Waals surface area contributed by atoms with Crippen LogP contribution in [0.15, 0.2) is 0 Å². The fourth-order valence-electron chi connectivity index (χ4n) is 0.810. The van der Waals surface area contributed by atoms with Crippen molar-refractivity contribution in [3.05, 3.63) is 0 Å². The molecule has 16 heavy (non-hydrogen) atoms. The molecule has 0 saturated heterocycles. The first-order valence-electron chi connectivity index (χ1n) is 5.14. The number of hydroxylamine groups is 1. The van der Waals surface area contributed by atoms with Crippen molar-refractivity contribution in [1.29, 1.82) is 0 Å². The molecule has 6 nitrogen and oxygen atoms in total. The first kappa shape index (κ1) is 19.4. The van der Waals surface area contributed by atoms with Gasteiger partial charge < -0.3 is 16.8 Å². The van der Waals surface area contributed by atoms with E-state index in [-0.39, 0.29) is 43.8 Å². The summed E-state index contributed by atoms with van der Waals surface area (Å²) in [6.07, 6.45) is 1.76. The Morgan fingerprint density at radius 3 is 2.75 bits per heavy atom. The number of nitrogens with one attached hydrogen (secondary N) is 1. The maximum atomic E-state index is 11.9. The van der Waals surface area contributed by atoms with Crippen molar-refractivity contribution in [2.75, 3.05) is 32.5 Å². The second-order valence-corrected chi connectivity index (χ2v) is 5.13. The van der Waals surface area contributed by atoms with Gasteiger partial charge in [0.15, 0.2) is 0 Å². The molecule has 0 spiro atoms. The van der Waals surface area contributed by atoms with Gasteiger partial charge >= 0.3 is 37.2 Å². The number of aliphatic hydroxyl groups excluding tert-OH is 1. The van der Waals surface area contributed by atoms with E-state index in [1.807, 2.05) is 6.92 Å². The van der Waals surface area contributed by atoms with Crippen LogP contribution in [0.3, 0.4) is 0 Å². The summed E-state index contributed by atoms with van der Waals surface area (Å²) in [5.74, 6) is 0. The van der Waals surface area contributed by atoms with Crippen molar-refractivity contribution < 1.29 is 49.8 Å².